The first-order valence-corrected chi connectivity index (χ1v) is 10.8. The summed E-state index contributed by atoms with van der Waals surface area (Å²) in [5.74, 6) is 0.998. The van der Waals surface area contributed by atoms with Gasteiger partial charge in [0.15, 0.2) is 5.82 Å². The zero-order valence-electron chi connectivity index (χ0n) is 18.8. The number of H-pyrrole nitrogens is 1. The van der Waals surface area contributed by atoms with Crippen molar-refractivity contribution in [1.29, 1.82) is 0 Å². The molecule has 166 valence electrons. The molecule has 0 fully saturated rings. The maximum atomic E-state index is 12.3. The van der Waals surface area contributed by atoms with Crippen molar-refractivity contribution in [2.75, 3.05) is 32.6 Å². The minimum atomic E-state index is -0.392. The minimum absolute atomic E-state index is 0.0576. The molecule has 1 aliphatic rings. The Balaban J connectivity index is 1.34. The molecule has 4 rings (SSSR count). The summed E-state index contributed by atoms with van der Waals surface area (Å²) in [6.45, 7) is 3.73. The molecule has 2 N–H and O–H groups in total. The number of anilines is 1. The van der Waals surface area contributed by atoms with Gasteiger partial charge in [0, 0.05) is 36.6 Å². The van der Waals surface area contributed by atoms with Gasteiger partial charge in [0.05, 0.1) is 6.61 Å². The van der Waals surface area contributed by atoms with E-state index in [1.165, 1.54) is 0 Å². The lowest BCUT2D eigenvalue weighted by Crippen LogP contribution is -2.15. The van der Waals surface area contributed by atoms with Crippen molar-refractivity contribution >= 4 is 23.6 Å². The van der Waals surface area contributed by atoms with Crippen molar-refractivity contribution < 1.29 is 9.53 Å². The molecule has 2 heterocycles. The molecule has 1 aliphatic heterocycles. The van der Waals surface area contributed by atoms with E-state index in [-0.39, 0.29) is 5.91 Å². The van der Waals surface area contributed by atoms with E-state index in [0.717, 1.165) is 53.2 Å². The van der Waals surface area contributed by atoms with Crippen LogP contribution in [0.4, 0.5) is 11.5 Å². The van der Waals surface area contributed by atoms with Crippen molar-refractivity contribution in [2.24, 2.45) is 4.99 Å². The van der Waals surface area contributed by atoms with Crippen molar-refractivity contribution in [3.8, 4) is 5.75 Å². The second kappa shape index (κ2) is 9.78. The molecule has 0 saturated heterocycles. The summed E-state index contributed by atoms with van der Waals surface area (Å²) in [5.41, 5.74) is 5.04. The van der Waals surface area contributed by atoms with Gasteiger partial charge in [-0.3, -0.25) is 9.89 Å². The summed E-state index contributed by atoms with van der Waals surface area (Å²) in [6.07, 6.45) is 3.39. The van der Waals surface area contributed by atoms with Crippen molar-refractivity contribution in [3.63, 3.8) is 0 Å². The van der Waals surface area contributed by atoms with E-state index >= 15 is 0 Å². The van der Waals surface area contributed by atoms with Gasteiger partial charge in [-0.15, -0.1) is 0 Å². The van der Waals surface area contributed by atoms with Crippen LogP contribution in [0, 0.1) is 6.92 Å². The van der Waals surface area contributed by atoms with Gasteiger partial charge >= 0.3 is 0 Å². The Morgan fingerprint density at radius 2 is 2.00 bits per heavy atom. The van der Waals surface area contributed by atoms with E-state index in [1.54, 1.807) is 6.21 Å². The van der Waals surface area contributed by atoms with Crippen molar-refractivity contribution in [1.82, 2.24) is 15.1 Å². The predicted molar refractivity (Wildman–Crippen MR) is 127 cm³/mol. The lowest BCUT2D eigenvalue weighted by Gasteiger charge is -2.10. The monoisotopic (exact) mass is 431 g/mol. The molecular weight excluding hydrogens is 402 g/mol. The second-order valence-corrected chi connectivity index (χ2v) is 8.36. The van der Waals surface area contributed by atoms with Crippen LogP contribution >= 0.6 is 0 Å². The average Bonchev–Trinajstić information content (AvgIpc) is 3.34. The van der Waals surface area contributed by atoms with E-state index in [4.69, 9.17) is 4.74 Å². The molecule has 0 radical (unpaired) electrons. The molecule has 32 heavy (non-hydrogen) atoms. The van der Waals surface area contributed by atoms with Gasteiger partial charge in [-0.2, -0.15) is 5.10 Å². The quantitative estimate of drug-likeness (QED) is 0.395. The maximum Gasteiger partial charge on any atom is 0.237 e. The summed E-state index contributed by atoms with van der Waals surface area (Å²) in [4.78, 5) is 19.0. The Hall–Kier alpha value is -3.45. The lowest BCUT2D eigenvalue weighted by molar-refractivity contribution is -0.115. The van der Waals surface area contributed by atoms with E-state index in [2.05, 4.69) is 51.6 Å². The first-order valence-electron chi connectivity index (χ1n) is 10.8. The molecule has 3 aromatic rings. The molecule has 0 bridgehead atoms. The van der Waals surface area contributed by atoms with E-state index in [9.17, 15) is 4.79 Å². The molecule has 1 atom stereocenters. The molecule has 1 unspecified atom stereocenters. The van der Waals surface area contributed by atoms with Gasteiger partial charge in [0.1, 0.15) is 11.7 Å². The van der Waals surface area contributed by atoms with Gasteiger partial charge in [-0.1, -0.05) is 24.3 Å². The highest BCUT2D eigenvalue weighted by atomic mass is 16.5. The zero-order valence-corrected chi connectivity index (χ0v) is 18.8. The number of hydrogen-bond acceptors (Lipinski definition) is 5. The highest BCUT2D eigenvalue weighted by Gasteiger charge is 2.30. The number of rotatable bonds is 9. The molecule has 0 aliphatic carbocycles. The topological polar surface area (TPSA) is 82.6 Å². The summed E-state index contributed by atoms with van der Waals surface area (Å²) in [6, 6.07) is 15.9. The molecule has 7 nitrogen and oxygen atoms in total. The summed E-state index contributed by atoms with van der Waals surface area (Å²) < 4.78 is 5.79. The fourth-order valence-corrected chi connectivity index (χ4v) is 3.84. The fraction of sp³-hybridized carbons (Fsp3) is 0.320. The molecule has 1 aromatic heterocycles. The van der Waals surface area contributed by atoms with Crippen LogP contribution in [0.2, 0.25) is 0 Å². The van der Waals surface area contributed by atoms with E-state index in [1.807, 2.05) is 43.3 Å². The Labute approximate surface area is 188 Å². The van der Waals surface area contributed by atoms with Crippen LogP contribution in [0.25, 0.3) is 0 Å². The first-order chi connectivity index (χ1) is 15.5. The summed E-state index contributed by atoms with van der Waals surface area (Å²) in [5, 5.41) is 10.2. The maximum absolute atomic E-state index is 12.3. The highest BCUT2D eigenvalue weighted by Crippen LogP contribution is 2.34. The first kappa shape index (κ1) is 21.8. The smallest absolute Gasteiger partial charge is 0.237 e. The molecule has 1 amide bonds. The number of aliphatic imine (C=N–C) groups is 1. The predicted octanol–water partition coefficient (Wildman–Crippen LogP) is 4.08. The lowest BCUT2D eigenvalue weighted by atomic mass is 9.97. The van der Waals surface area contributed by atoms with E-state index < -0.39 is 5.92 Å². The van der Waals surface area contributed by atoms with Crippen LogP contribution in [0.5, 0.6) is 5.75 Å². The molecule has 0 saturated carbocycles. The minimum Gasteiger partial charge on any atom is -0.494 e. The number of benzene rings is 2. The third-order valence-corrected chi connectivity index (χ3v) is 5.49. The summed E-state index contributed by atoms with van der Waals surface area (Å²) >= 11 is 0. The molecule has 2 aromatic carbocycles. The van der Waals surface area contributed by atoms with Gasteiger partial charge in [0.25, 0.3) is 0 Å². The number of aromatic amines is 1. The van der Waals surface area contributed by atoms with Crippen LogP contribution in [-0.2, 0) is 11.2 Å². The van der Waals surface area contributed by atoms with Crippen LogP contribution in [0.3, 0.4) is 0 Å². The van der Waals surface area contributed by atoms with Gasteiger partial charge in [0.2, 0.25) is 5.91 Å². The Bertz CT molecular complexity index is 1100. The number of carbonyl (C=O) groups excluding carboxylic acids is 1. The Kier molecular flexibility index (Phi) is 6.66. The number of aromatic nitrogens is 2. The van der Waals surface area contributed by atoms with Crippen molar-refractivity contribution in [3.05, 3.63) is 70.9 Å². The van der Waals surface area contributed by atoms with E-state index in [0.29, 0.717) is 12.4 Å². The fourth-order valence-electron chi connectivity index (χ4n) is 3.84. The number of carbonyl (C=O) groups is 1. The third kappa shape index (κ3) is 5.23. The average molecular weight is 432 g/mol. The molecular formula is C25H29N5O2. The van der Waals surface area contributed by atoms with Crippen LogP contribution < -0.4 is 10.1 Å². The number of nitrogens with zero attached hydrogens (tertiary/aromatic N) is 3. The van der Waals surface area contributed by atoms with Crippen LogP contribution in [0.1, 0.15) is 34.7 Å². The summed E-state index contributed by atoms with van der Waals surface area (Å²) in [7, 11) is 4.12. The number of ether oxygens (including phenoxy) is 1. The molecule has 7 heteroatoms. The third-order valence-electron chi connectivity index (χ3n) is 5.49. The number of fused-ring (bicyclic) bond motifs is 1. The largest absolute Gasteiger partial charge is 0.494 e. The number of hydrogen-bond donors (Lipinski definition) is 2. The van der Waals surface area contributed by atoms with Crippen LogP contribution in [-0.4, -0.2) is 54.5 Å². The standard InChI is InChI=1S/C25H29N5O2/c1-17-6-4-7-22-24(17)21(25(31)27-22)16-26-23-15-19(28-29-23)14-18-8-10-20(11-9-18)32-13-5-12-30(2)3/h4,6-11,15-16,21H,5,12-14H2,1-3H3,(H,27,31)(H,28,29). The number of aryl methyl sites for hydroxylation is 1. The Morgan fingerprint density at radius 3 is 2.78 bits per heavy atom. The number of amides is 1. The number of nitrogens with one attached hydrogen (secondary N) is 2. The SMILES string of the molecule is Cc1cccc2c1C(C=Nc1cc(Cc3ccc(OCCCN(C)C)cc3)[nH]n1)C(=O)N2. The normalized spacial score (nSPS) is 15.4. The second-order valence-electron chi connectivity index (χ2n) is 8.36. The van der Waals surface area contributed by atoms with Crippen LogP contribution in [0.15, 0.2) is 53.5 Å². The zero-order chi connectivity index (χ0) is 22.5. The Morgan fingerprint density at radius 1 is 1.19 bits per heavy atom. The molecule has 0 spiro atoms. The van der Waals surface area contributed by atoms with Gasteiger partial charge in [-0.05, 0) is 62.3 Å². The highest BCUT2D eigenvalue weighted by molar-refractivity contribution is 6.13. The van der Waals surface area contributed by atoms with Gasteiger partial charge < -0.3 is 15.0 Å². The van der Waals surface area contributed by atoms with Crippen molar-refractivity contribution in [2.45, 2.75) is 25.7 Å². The van der Waals surface area contributed by atoms with Gasteiger partial charge in [-0.25, -0.2) is 4.99 Å².